The smallest absolute Gasteiger partial charge is 0.416 e. The van der Waals surface area contributed by atoms with E-state index < -0.39 is 17.7 Å². The monoisotopic (exact) mass is 396 g/mol. The Morgan fingerprint density at radius 2 is 1.89 bits per heavy atom. The first-order chi connectivity index (χ1) is 12.6. The summed E-state index contributed by atoms with van der Waals surface area (Å²) < 4.78 is 44.3. The van der Waals surface area contributed by atoms with Gasteiger partial charge >= 0.3 is 12.1 Å². The molecule has 27 heavy (non-hydrogen) atoms. The van der Waals surface area contributed by atoms with Gasteiger partial charge < -0.3 is 15.5 Å². The molecule has 142 valence electrons. The van der Waals surface area contributed by atoms with Crippen molar-refractivity contribution in [3.05, 3.63) is 52.0 Å². The molecule has 4 nitrogen and oxygen atoms in total. The highest BCUT2D eigenvalue weighted by Gasteiger charge is 2.32. The number of benzene rings is 2. The Balaban J connectivity index is 2.27. The lowest BCUT2D eigenvalue weighted by Crippen LogP contribution is -2.11. The molecule has 8 heteroatoms. The molecule has 3 N–H and O–H groups in total. The van der Waals surface area contributed by atoms with Crippen LogP contribution in [0.2, 0.25) is 5.02 Å². The molecule has 0 radical (unpaired) electrons. The molecule has 0 saturated heterocycles. The van der Waals surface area contributed by atoms with Gasteiger partial charge in [0.15, 0.2) is 0 Å². The van der Waals surface area contributed by atoms with Crippen molar-refractivity contribution in [2.45, 2.75) is 20.0 Å². The van der Waals surface area contributed by atoms with E-state index in [4.69, 9.17) is 22.1 Å². The van der Waals surface area contributed by atoms with E-state index in [9.17, 15) is 18.0 Å². The third-order valence-electron chi connectivity index (χ3n) is 4.32. The van der Waals surface area contributed by atoms with E-state index >= 15 is 0 Å². The van der Waals surface area contributed by atoms with Crippen LogP contribution in [0.1, 0.15) is 28.4 Å². The van der Waals surface area contributed by atoms with Crippen molar-refractivity contribution >= 4 is 34.3 Å². The van der Waals surface area contributed by atoms with E-state index in [-0.39, 0.29) is 12.2 Å². The molecule has 0 aliphatic rings. The summed E-state index contributed by atoms with van der Waals surface area (Å²) in [5, 5.41) is 0.982. The molecular formula is C19H16ClF3N2O2. The Bertz CT molecular complexity index is 1040. The zero-order valence-electron chi connectivity index (χ0n) is 14.5. The minimum atomic E-state index is -4.57. The van der Waals surface area contributed by atoms with Crippen LogP contribution in [0.5, 0.6) is 0 Å². The average molecular weight is 397 g/mol. The van der Waals surface area contributed by atoms with Gasteiger partial charge in [0, 0.05) is 10.9 Å². The number of hydrogen-bond donors (Lipinski definition) is 2. The Morgan fingerprint density at radius 3 is 2.52 bits per heavy atom. The van der Waals surface area contributed by atoms with Crippen LogP contribution in [0, 0.1) is 6.92 Å². The first-order valence-electron chi connectivity index (χ1n) is 8.10. The van der Waals surface area contributed by atoms with Crippen molar-refractivity contribution in [2.24, 2.45) is 0 Å². The van der Waals surface area contributed by atoms with Crippen molar-refractivity contribution in [1.29, 1.82) is 0 Å². The lowest BCUT2D eigenvalue weighted by atomic mass is 9.92. The van der Waals surface area contributed by atoms with Crippen molar-refractivity contribution in [3.63, 3.8) is 0 Å². The second kappa shape index (κ2) is 6.81. The van der Waals surface area contributed by atoms with E-state index in [1.54, 1.807) is 26.0 Å². The number of nitrogens with one attached hydrogen (secondary N) is 1. The minimum absolute atomic E-state index is 0.0483. The molecule has 0 saturated carbocycles. The molecule has 0 spiro atoms. The molecule has 2 aromatic carbocycles. The summed E-state index contributed by atoms with van der Waals surface area (Å²) >= 11 is 6.25. The summed E-state index contributed by atoms with van der Waals surface area (Å²) in [4.78, 5) is 15.3. The quantitative estimate of drug-likeness (QED) is 0.568. The second-order valence-corrected chi connectivity index (χ2v) is 6.37. The molecule has 0 amide bonds. The Hall–Kier alpha value is -2.67. The Labute approximate surface area is 158 Å². The number of carbonyl (C=O) groups is 1. The lowest BCUT2D eigenvalue weighted by molar-refractivity contribution is -0.137. The zero-order valence-corrected chi connectivity index (χ0v) is 15.3. The second-order valence-electron chi connectivity index (χ2n) is 5.99. The van der Waals surface area contributed by atoms with Gasteiger partial charge in [-0.2, -0.15) is 13.2 Å². The fourth-order valence-corrected chi connectivity index (χ4v) is 3.35. The highest BCUT2D eigenvalue weighted by atomic mass is 35.5. The SMILES string of the molecule is CCOC(=O)c1cc(C(F)(F)F)ccc1-c1ccc2[nH]c(N)c(Cl)c2c1C. The van der Waals surface area contributed by atoms with Crippen LogP contribution in [0.3, 0.4) is 0 Å². The molecule has 0 fully saturated rings. The molecule has 1 aromatic heterocycles. The maximum atomic E-state index is 13.1. The number of fused-ring (bicyclic) bond motifs is 1. The van der Waals surface area contributed by atoms with E-state index in [0.717, 1.165) is 12.1 Å². The van der Waals surface area contributed by atoms with Gasteiger partial charge in [0.1, 0.15) is 5.82 Å². The normalized spacial score (nSPS) is 11.8. The number of aromatic nitrogens is 1. The van der Waals surface area contributed by atoms with Crippen LogP contribution >= 0.6 is 11.6 Å². The predicted octanol–water partition coefficient (Wildman–Crippen LogP) is 5.57. The number of carbonyl (C=O) groups excluding carboxylic acids is 1. The number of anilines is 1. The molecule has 0 bridgehead atoms. The largest absolute Gasteiger partial charge is 0.462 e. The van der Waals surface area contributed by atoms with Crippen LogP contribution in [0.4, 0.5) is 19.0 Å². The van der Waals surface area contributed by atoms with Gasteiger partial charge in [0.05, 0.1) is 22.8 Å². The van der Waals surface area contributed by atoms with Crippen molar-refractivity contribution in [1.82, 2.24) is 4.98 Å². The summed E-state index contributed by atoms with van der Waals surface area (Å²) in [5.74, 6) is -0.525. The van der Waals surface area contributed by atoms with Crippen molar-refractivity contribution in [3.8, 4) is 11.1 Å². The van der Waals surface area contributed by atoms with Gasteiger partial charge in [0.2, 0.25) is 0 Å². The first kappa shape index (κ1) is 19.1. The van der Waals surface area contributed by atoms with Crippen LogP contribution < -0.4 is 5.73 Å². The number of nitrogen functional groups attached to an aromatic ring is 1. The molecule has 3 aromatic rings. The summed E-state index contributed by atoms with van der Waals surface area (Å²) in [6.45, 7) is 3.40. The number of aromatic amines is 1. The maximum Gasteiger partial charge on any atom is 0.416 e. The third kappa shape index (κ3) is 3.35. The average Bonchev–Trinajstić information content (AvgIpc) is 2.89. The zero-order chi connectivity index (χ0) is 19.9. The van der Waals surface area contributed by atoms with E-state index in [1.807, 2.05) is 0 Å². The molecule has 0 aliphatic carbocycles. The van der Waals surface area contributed by atoms with Crippen molar-refractivity contribution < 1.29 is 22.7 Å². The van der Waals surface area contributed by atoms with Crippen LogP contribution in [-0.2, 0) is 10.9 Å². The highest BCUT2D eigenvalue weighted by Crippen LogP contribution is 2.39. The van der Waals surface area contributed by atoms with Gasteiger partial charge in [-0.1, -0.05) is 23.7 Å². The molecule has 0 unspecified atom stereocenters. The molecule has 0 atom stereocenters. The fraction of sp³-hybridized carbons (Fsp3) is 0.211. The number of H-pyrrole nitrogens is 1. The molecular weight excluding hydrogens is 381 g/mol. The summed E-state index contributed by atoms with van der Waals surface area (Å²) in [5.41, 5.74) is 7.02. The molecule has 0 aliphatic heterocycles. The summed E-state index contributed by atoms with van der Waals surface area (Å²) in [6.07, 6.45) is -4.57. The Kier molecular flexibility index (Phi) is 4.82. The number of esters is 1. The maximum absolute atomic E-state index is 13.1. The van der Waals surface area contributed by atoms with Crippen molar-refractivity contribution in [2.75, 3.05) is 12.3 Å². The first-order valence-corrected chi connectivity index (χ1v) is 8.48. The van der Waals surface area contributed by atoms with Crippen LogP contribution in [0.15, 0.2) is 30.3 Å². The summed E-state index contributed by atoms with van der Waals surface area (Å²) in [7, 11) is 0. The number of rotatable bonds is 3. The van der Waals surface area contributed by atoms with Gasteiger partial charge in [-0.15, -0.1) is 0 Å². The van der Waals surface area contributed by atoms with E-state index in [1.165, 1.54) is 6.07 Å². The minimum Gasteiger partial charge on any atom is -0.462 e. The van der Waals surface area contributed by atoms with Crippen LogP contribution in [-0.4, -0.2) is 17.6 Å². The third-order valence-corrected chi connectivity index (χ3v) is 4.72. The van der Waals surface area contributed by atoms with Gasteiger partial charge in [0.25, 0.3) is 0 Å². The van der Waals surface area contributed by atoms with E-state index in [0.29, 0.717) is 38.4 Å². The fourth-order valence-electron chi connectivity index (χ4n) is 3.06. The van der Waals surface area contributed by atoms with Gasteiger partial charge in [-0.3, -0.25) is 0 Å². The number of halogens is 4. The van der Waals surface area contributed by atoms with Gasteiger partial charge in [-0.25, -0.2) is 4.79 Å². The number of hydrogen-bond acceptors (Lipinski definition) is 3. The highest BCUT2D eigenvalue weighted by molar-refractivity contribution is 6.38. The standard InChI is InChI=1S/C19H16ClF3N2O2/c1-3-27-18(26)13-8-10(19(21,22)23)4-5-12(13)11-6-7-14-15(9(11)2)16(20)17(24)25-14/h4-8,25H,3,24H2,1-2H3. The Morgan fingerprint density at radius 1 is 1.22 bits per heavy atom. The predicted molar refractivity (Wildman–Crippen MR) is 98.9 cm³/mol. The number of aryl methyl sites for hydroxylation is 1. The number of nitrogens with two attached hydrogens (primary N) is 1. The summed E-state index contributed by atoms with van der Waals surface area (Å²) in [6, 6.07) is 6.44. The van der Waals surface area contributed by atoms with Crippen LogP contribution in [0.25, 0.3) is 22.0 Å². The lowest BCUT2D eigenvalue weighted by Gasteiger charge is -2.15. The number of ether oxygens (including phenoxy) is 1. The number of alkyl halides is 3. The van der Waals surface area contributed by atoms with E-state index in [2.05, 4.69) is 4.98 Å². The molecule has 3 rings (SSSR count). The topological polar surface area (TPSA) is 68.1 Å². The molecule has 1 heterocycles. The van der Waals surface area contributed by atoms with Gasteiger partial charge in [-0.05, 0) is 48.7 Å².